The van der Waals surface area contributed by atoms with Crippen molar-refractivity contribution in [2.24, 2.45) is 5.92 Å². The fourth-order valence-corrected chi connectivity index (χ4v) is 3.07. The molecule has 0 unspecified atom stereocenters. The highest BCUT2D eigenvalue weighted by Crippen LogP contribution is 2.28. The minimum Gasteiger partial charge on any atom is -0.356 e. The average Bonchev–Trinajstić information content (AvgIpc) is 3.43. The van der Waals surface area contributed by atoms with Gasteiger partial charge in [-0.25, -0.2) is 0 Å². The number of rotatable bonds is 8. The van der Waals surface area contributed by atoms with Crippen LogP contribution < -0.4 is 10.6 Å². The molecule has 2 aromatic rings. The molecule has 132 valence electrons. The Hall–Kier alpha value is -2.36. The Morgan fingerprint density at radius 3 is 2.64 bits per heavy atom. The van der Waals surface area contributed by atoms with E-state index in [0.29, 0.717) is 19.4 Å². The lowest BCUT2D eigenvalue weighted by Crippen LogP contribution is -2.34. The minimum absolute atomic E-state index is 0.0500. The van der Waals surface area contributed by atoms with Crippen molar-refractivity contribution >= 4 is 22.6 Å². The topological polar surface area (TPSA) is 58.2 Å². The molecule has 1 fully saturated rings. The van der Waals surface area contributed by atoms with Crippen LogP contribution in [0.2, 0.25) is 0 Å². The zero-order valence-corrected chi connectivity index (χ0v) is 14.8. The molecule has 2 aromatic carbocycles. The van der Waals surface area contributed by atoms with Crippen LogP contribution in [-0.4, -0.2) is 24.4 Å². The fraction of sp³-hybridized carbons (Fsp3) is 0.429. The molecule has 3 rings (SSSR count). The smallest absolute Gasteiger partial charge is 0.223 e. The van der Waals surface area contributed by atoms with Crippen molar-refractivity contribution in [1.29, 1.82) is 0 Å². The molecule has 0 radical (unpaired) electrons. The van der Waals surface area contributed by atoms with Crippen molar-refractivity contribution in [3.05, 3.63) is 48.0 Å². The van der Waals surface area contributed by atoms with Gasteiger partial charge in [0.25, 0.3) is 0 Å². The third-order valence-electron chi connectivity index (χ3n) is 4.59. The van der Waals surface area contributed by atoms with E-state index < -0.39 is 0 Å². The second-order valence-corrected chi connectivity index (χ2v) is 7.02. The van der Waals surface area contributed by atoms with E-state index >= 15 is 0 Å². The van der Waals surface area contributed by atoms with E-state index in [4.69, 9.17) is 0 Å². The van der Waals surface area contributed by atoms with Gasteiger partial charge in [-0.15, -0.1) is 0 Å². The summed E-state index contributed by atoms with van der Waals surface area (Å²) in [6.07, 6.45) is 3.98. The van der Waals surface area contributed by atoms with E-state index in [1.165, 1.54) is 16.3 Å². The third-order valence-corrected chi connectivity index (χ3v) is 4.59. The maximum absolute atomic E-state index is 12.0. The molecular weight excluding hydrogens is 312 g/mol. The molecule has 0 heterocycles. The first-order valence-electron chi connectivity index (χ1n) is 9.16. The number of hydrogen-bond donors (Lipinski definition) is 2. The molecule has 4 heteroatoms. The van der Waals surface area contributed by atoms with Crippen molar-refractivity contribution in [3.8, 4) is 0 Å². The number of carbonyl (C=O) groups is 2. The second-order valence-electron chi connectivity index (χ2n) is 7.02. The second kappa shape index (κ2) is 8.15. The number of hydrogen-bond acceptors (Lipinski definition) is 2. The summed E-state index contributed by atoms with van der Waals surface area (Å²) in [5.74, 6) is 0.426. The van der Waals surface area contributed by atoms with Gasteiger partial charge in [-0.2, -0.15) is 0 Å². The molecular formula is C21H26N2O2. The molecule has 2 amide bonds. The zero-order valence-electron chi connectivity index (χ0n) is 14.8. The molecule has 0 saturated heterocycles. The summed E-state index contributed by atoms with van der Waals surface area (Å²) in [6, 6.07) is 14.8. The van der Waals surface area contributed by atoms with Gasteiger partial charge >= 0.3 is 0 Å². The predicted molar refractivity (Wildman–Crippen MR) is 100 cm³/mol. The maximum Gasteiger partial charge on any atom is 0.223 e. The van der Waals surface area contributed by atoms with Crippen LogP contribution in [0.1, 0.15) is 38.2 Å². The van der Waals surface area contributed by atoms with E-state index in [1.54, 1.807) is 0 Å². The highest BCUT2D eigenvalue weighted by molar-refractivity contribution is 5.83. The van der Waals surface area contributed by atoms with Crippen LogP contribution >= 0.6 is 0 Å². The number of benzene rings is 2. The van der Waals surface area contributed by atoms with Crippen LogP contribution in [0.4, 0.5) is 0 Å². The van der Waals surface area contributed by atoms with Gasteiger partial charge in [0, 0.05) is 24.9 Å². The normalized spacial score (nSPS) is 14.9. The van der Waals surface area contributed by atoms with Crippen LogP contribution in [0.25, 0.3) is 10.8 Å². The molecule has 25 heavy (non-hydrogen) atoms. The lowest BCUT2D eigenvalue weighted by Gasteiger charge is -2.14. The molecule has 4 nitrogen and oxygen atoms in total. The van der Waals surface area contributed by atoms with Gasteiger partial charge in [0.05, 0.1) is 0 Å². The lowest BCUT2D eigenvalue weighted by molar-refractivity contribution is -0.123. The molecule has 0 aliphatic heterocycles. The Balaban J connectivity index is 1.39. The van der Waals surface area contributed by atoms with Crippen LogP contribution in [0.3, 0.4) is 0 Å². The fourth-order valence-electron chi connectivity index (χ4n) is 3.07. The number of carbonyl (C=O) groups excluding carboxylic acids is 2. The van der Waals surface area contributed by atoms with Gasteiger partial charge < -0.3 is 10.6 Å². The quantitative estimate of drug-likeness (QED) is 0.726. The van der Waals surface area contributed by atoms with Gasteiger partial charge in [-0.1, -0.05) is 42.5 Å². The van der Waals surface area contributed by atoms with Gasteiger partial charge in [-0.05, 0) is 48.9 Å². The number of nitrogens with one attached hydrogen (secondary N) is 2. The van der Waals surface area contributed by atoms with Crippen LogP contribution in [0.5, 0.6) is 0 Å². The van der Waals surface area contributed by atoms with Gasteiger partial charge in [-0.3, -0.25) is 9.59 Å². The van der Waals surface area contributed by atoms with E-state index in [2.05, 4.69) is 41.0 Å². The Kier molecular flexibility index (Phi) is 5.69. The highest BCUT2D eigenvalue weighted by Gasteiger charge is 2.28. The average molecular weight is 338 g/mol. The first-order chi connectivity index (χ1) is 12.1. The predicted octanol–water partition coefficient (Wildman–Crippen LogP) is 3.19. The summed E-state index contributed by atoms with van der Waals surface area (Å²) >= 11 is 0. The molecule has 1 aliphatic rings. The Morgan fingerprint density at radius 1 is 1.12 bits per heavy atom. The summed E-state index contributed by atoms with van der Waals surface area (Å²) in [5.41, 5.74) is 1.23. The molecule has 1 saturated carbocycles. The van der Waals surface area contributed by atoms with E-state index in [9.17, 15) is 9.59 Å². The third kappa shape index (κ3) is 5.31. The summed E-state index contributed by atoms with van der Waals surface area (Å²) in [7, 11) is 0. The maximum atomic E-state index is 12.0. The Morgan fingerprint density at radius 2 is 1.88 bits per heavy atom. The summed E-state index contributed by atoms with van der Waals surface area (Å²) in [5, 5.41) is 8.40. The molecule has 0 aromatic heterocycles. The molecule has 1 atom stereocenters. The van der Waals surface area contributed by atoms with E-state index in [0.717, 1.165) is 19.3 Å². The van der Waals surface area contributed by atoms with Crippen LogP contribution in [-0.2, 0) is 16.0 Å². The largest absolute Gasteiger partial charge is 0.356 e. The van der Waals surface area contributed by atoms with E-state index in [-0.39, 0.29) is 23.8 Å². The summed E-state index contributed by atoms with van der Waals surface area (Å²) < 4.78 is 0. The first kappa shape index (κ1) is 17.5. The molecule has 2 N–H and O–H groups in total. The van der Waals surface area contributed by atoms with Crippen molar-refractivity contribution in [2.45, 2.75) is 45.1 Å². The van der Waals surface area contributed by atoms with Gasteiger partial charge in [0.2, 0.25) is 11.8 Å². The minimum atomic E-state index is 0.0500. The lowest BCUT2D eigenvalue weighted by atomic mass is 10.0. The standard InChI is InChI=1S/C21H26N2O2/c1-15(13-16-8-9-17-5-2-3-6-19(17)14-16)23-20(24)7-4-12-22-21(25)18-10-11-18/h2-3,5-6,8-9,14-15,18H,4,7,10-13H2,1H3,(H,22,25)(H,23,24)/t15-/m0/s1. The zero-order chi connectivity index (χ0) is 17.6. The number of amides is 2. The van der Waals surface area contributed by atoms with E-state index in [1.807, 2.05) is 19.1 Å². The van der Waals surface area contributed by atoms with Crippen molar-refractivity contribution < 1.29 is 9.59 Å². The van der Waals surface area contributed by atoms with Crippen LogP contribution in [0, 0.1) is 5.92 Å². The first-order valence-corrected chi connectivity index (χ1v) is 9.16. The molecule has 0 bridgehead atoms. The summed E-state index contributed by atoms with van der Waals surface area (Å²) in [6.45, 7) is 2.61. The van der Waals surface area contributed by atoms with Gasteiger partial charge in [0.15, 0.2) is 0 Å². The van der Waals surface area contributed by atoms with Crippen LogP contribution in [0.15, 0.2) is 42.5 Å². The molecule has 0 spiro atoms. The highest BCUT2D eigenvalue weighted by atomic mass is 16.2. The monoisotopic (exact) mass is 338 g/mol. The number of fused-ring (bicyclic) bond motifs is 1. The SMILES string of the molecule is C[C@@H](Cc1ccc2ccccc2c1)NC(=O)CCCNC(=O)C1CC1. The Labute approximate surface area is 149 Å². The summed E-state index contributed by atoms with van der Waals surface area (Å²) in [4.78, 5) is 23.5. The van der Waals surface area contributed by atoms with Crippen molar-refractivity contribution in [2.75, 3.05) is 6.54 Å². The molecule has 1 aliphatic carbocycles. The van der Waals surface area contributed by atoms with Crippen molar-refractivity contribution in [1.82, 2.24) is 10.6 Å². The van der Waals surface area contributed by atoms with Crippen molar-refractivity contribution in [3.63, 3.8) is 0 Å². The van der Waals surface area contributed by atoms with Gasteiger partial charge in [0.1, 0.15) is 0 Å². The Bertz CT molecular complexity index is 752.